The van der Waals surface area contributed by atoms with Crippen molar-refractivity contribution in [1.29, 1.82) is 0 Å². The summed E-state index contributed by atoms with van der Waals surface area (Å²) in [6.07, 6.45) is 0. The molecule has 3 aromatic rings. The van der Waals surface area contributed by atoms with Gasteiger partial charge in [0, 0.05) is 21.1 Å². The second-order valence-electron chi connectivity index (χ2n) is 4.04. The smallest absolute Gasteiger partial charge is 0.148 e. The monoisotopic (exact) mass is 279 g/mol. The van der Waals surface area contributed by atoms with Gasteiger partial charge in [0.05, 0.1) is 5.52 Å². The fourth-order valence-corrected chi connectivity index (χ4v) is 2.29. The standard InChI is InChI=1S/C14H8Cl2FN/c15-10-3-1-8(2-4-10)13-6-9-5-11(16)7-12(17)14(9)18-13/h1-7,18H. The van der Waals surface area contributed by atoms with Gasteiger partial charge < -0.3 is 4.98 Å². The van der Waals surface area contributed by atoms with Crippen molar-refractivity contribution in [3.8, 4) is 11.3 Å². The lowest BCUT2D eigenvalue weighted by atomic mass is 10.1. The van der Waals surface area contributed by atoms with Crippen LogP contribution in [0.15, 0.2) is 42.5 Å². The zero-order valence-electron chi connectivity index (χ0n) is 9.18. The zero-order chi connectivity index (χ0) is 12.7. The Kier molecular flexibility index (Phi) is 2.77. The van der Waals surface area contributed by atoms with E-state index in [9.17, 15) is 4.39 Å². The van der Waals surface area contributed by atoms with E-state index in [4.69, 9.17) is 23.2 Å². The van der Waals surface area contributed by atoms with Crippen LogP contribution >= 0.6 is 23.2 Å². The lowest BCUT2D eigenvalue weighted by Crippen LogP contribution is -1.79. The van der Waals surface area contributed by atoms with Crippen molar-refractivity contribution in [1.82, 2.24) is 4.98 Å². The molecule has 0 bridgehead atoms. The average molecular weight is 280 g/mol. The fourth-order valence-electron chi connectivity index (χ4n) is 1.95. The normalized spacial score (nSPS) is 11.1. The van der Waals surface area contributed by atoms with Gasteiger partial charge in [0.25, 0.3) is 0 Å². The Morgan fingerprint density at radius 3 is 2.33 bits per heavy atom. The molecule has 0 atom stereocenters. The minimum absolute atomic E-state index is 0.349. The topological polar surface area (TPSA) is 15.8 Å². The van der Waals surface area contributed by atoms with Crippen LogP contribution in [0.1, 0.15) is 0 Å². The molecule has 0 aliphatic rings. The molecule has 2 aromatic carbocycles. The first kappa shape index (κ1) is 11.6. The molecule has 1 N–H and O–H groups in total. The first-order valence-corrected chi connectivity index (χ1v) is 6.13. The molecule has 1 nitrogen and oxygen atoms in total. The van der Waals surface area contributed by atoms with Crippen LogP contribution in [0.4, 0.5) is 4.39 Å². The number of hydrogen-bond donors (Lipinski definition) is 1. The van der Waals surface area contributed by atoms with Crippen LogP contribution in [0.5, 0.6) is 0 Å². The van der Waals surface area contributed by atoms with Crippen molar-refractivity contribution in [3.63, 3.8) is 0 Å². The number of aromatic nitrogens is 1. The largest absolute Gasteiger partial charge is 0.352 e. The van der Waals surface area contributed by atoms with Crippen LogP contribution in [-0.2, 0) is 0 Å². The summed E-state index contributed by atoms with van der Waals surface area (Å²) in [5, 5.41) is 1.82. The highest BCUT2D eigenvalue weighted by Crippen LogP contribution is 2.28. The summed E-state index contributed by atoms with van der Waals surface area (Å²) in [4.78, 5) is 3.05. The summed E-state index contributed by atoms with van der Waals surface area (Å²) >= 11 is 11.7. The van der Waals surface area contributed by atoms with E-state index < -0.39 is 0 Å². The molecule has 0 saturated heterocycles. The molecular weight excluding hydrogens is 272 g/mol. The summed E-state index contributed by atoms with van der Waals surface area (Å²) in [7, 11) is 0. The Hall–Kier alpha value is -1.51. The SMILES string of the molecule is Fc1cc(Cl)cc2cc(-c3ccc(Cl)cc3)[nH]c12. The maximum absolute atomic E-state index is 13.7. The lowest BCUT2D eigenvalue weighted by Gasteiger charge is -1.97. The molecule has 0 spiro atoms. The van der Waals surface area contributed by atoms with Gasteiger partial charge in [0.1, 0.15) is 5.82 Å². The molecule has 0 saturated carbocycles. The van der Waals surface area contributed by atoms with Gasteiger partial charge in [-0.25, -0.2) is 4.39 Å². The fraction of sp³-hybridized carbons (Fsp3) is 0. The minimum Gasteiger partial charge on any atom is -0.352 e. The third kappa shape index (κ3) is 1.98. The molecule has 1 heterocycles. The van der Waals surface area contributed by atoms with Gasteiger partial charge in [-0.2, -0.15) is 0 Å². The average Bonchev–Trinajstić information content (AvgIpc) is 2.74. The van der Waals surface area contributed by atoms with E-state index in [1.165, 1.54) is 6.07 Å². The van der Waals surface area contributed by atoms with Gasteiger partial charge >= 0.3 is 0 Å². The highest BCUT2D eigenvalue weighted by molar-refractivity contribution is 6.31. The Bertz CT molecular complexity index is 716. The number of benzene rings is 2. The molecule has 0 radical (unpaired) electrons. The molecule has 0 aliphatic heterocycles. The van der Waals surface area contributed by atoms with E-state index in [1.54, 1.807) is 18.2 Å². The van der Waals surface area contributed by atoms with Gasteiger partial charge in [-0.1, -0.05) is 35.3 Å². The first-order chi connectivity index (χ1) is 8.63. The minimum atomic E-state index is -0.349. The van der Waals surface area contributed by atoms with Gasteiger partial charge in [0.2, 0.25) is 0 Å². The van der Waals surface area contributed by atoms with E-state index in [0.717, 1.165) is 16.6 Å². The van der Waals surface area contributed by atoms with E-state index in [2.05, 4.69) is 4.98 Å². The molecule has 0 amide bonds. The molecule has 18 heavy (non-hydrogen) atoms. The van der Waals surface area contributed by atoms with Crippen molar-refractivity contribution in [2.45, 2.75) is 0 Å². The van der Waals surface area contributed by atoms with E-state index in [1.807, 2.05) is 18.2 Å². The maximum Gasteiger partial charge on any atom is 0.148 e. The highest BCUT2D eigenvalue weighted by Gasteiger charge is 2.08. The van der Waals surface area contributed by atoms with Crippen LogP contribution < -0.4 is 0 Å². The maximum atomic E-state index is 13.7. The van der Waals surface area contributed by atoms with E-state index >= 15 is 0 Å². The predicted molar refractivity (Wildman–Crippen MR) is 73.7 cm³/mol. The van der Waals surface area contributed by atoms with Crippen LogP contribution in [0.2, 0.25) is 10.0 Å². The number of H-pyrrole nitrogens is 1. The van der Waals surface area contributed by atoms with Crippen molar-refractivity contribution in [3.05, 3.63) is 58.3 Å². The molecule has 1 aromatic heterocycles. The third-order valence-electron chi connectivity index (χ3n) is 2.80. The van der Waals surface area contributed by atoms with Crippen LogP contribution in [0.25, 0.3) is 22.2 Å². The van der Waals surface area contributed by atoms with Crippen molar-refractivity contribution in [2.75, 3.05) is 0 Å². The Balaban J connectivity index is 2.19. The predicted octanol–water partition coefficient (Wildman–Crippen LogP) is 5.28. The number of rotatable bonds is 1. The number of halogens is 3. The van der Waals surface area contributed by atoms with Crippen molar-refractivity contribution >= 4 is 34.1 Å². The Morgan fingerprint density at radius 2 is 1.61 bits per heavy atom. The summed E-state index contributed by atoms with van der Waals surface area (Å²) in [6, 6.07) is 12.3. The molecule has 0 fully saturated rings. The van der Waals surface area contributed by atoms with Gasteiger partial charge in [-0.05, 0) is 35.9 Å². The van der Waals surface area contributed by atoms with Crippen molar-refractivity contribution in [2.24, 2.45) is 0 Å². The highest BCUT2D eigenvalue weighted by atomic mass is 35.5. The third-order valence-corrected chi connectivity index (χ3v) is 3.27. The second-order valence-corrected chi connectivity index (χ2v) is 4.91. The van der Waals surface area contributed by atoms with Gasteiger partial charge in [-0.3, -0.25) is 0 Å². The van der Waals surface area contributed by atoms with Gasteiger partial charge in [0.15, 0.2) is 0 Å². The molecule has 90 valence electrons. The zero-order valence-corrected chi connectivity index (χ0v) is 10.7. The van der Waals surface area contributed by atoms with E-state index in [0.29, 0.717) is 15.6 Å². The van der Waals surface area contributed by atoms with Gasteiger partial charge in [-0.15, -0.1) is 0 Å². The molecular formula is C14H8Cl2FN. The summed E-state index contributed by atoms with van der Waals surface area (Å²) in [5.41, 5.74) is 2.25. The van der Waals surface area contributed by atoms with E-state index in [-0.39, 0.29) is 5.82 Å². The van der Waals surface area contributed by atoms with Crippen LogP contribution in [-0.4, -0.2) is 4.98 Å². The molecule has 3 rings (SSSR count). The molecule has 4 heteroatoms. The molecule has 0 aliphatic carbocycles. The Labute approximate surface area is 113 Å². The lowest BCUT2D eigenvalue weighted by molar-refractivity contribution is 0.637. The first-order valence-electron chi connectivity index (χ1n) is 5.37. The Morgan fingerprint density at radius 1 is 0.889 bits per heavy atom. The number of aromatic amines is 1. The van der Waals surface area contributed by atoms with Crippen LogP contribution in [0, 0.1) is 5.82 Å². The quantitative estimate of drug-likeness (QED) is 0.624. The number of hydrogen-bond acceptors (Lipinski definition) is 0. The van der Waals surface area contributed by atoms with Crippen LogP contribution in [0.3, 0.4) is 0 Å². The summed E-state index contributed by atoms with van der Waals surface area (Å²) in [5.74, 6) is -0.349. The number of fused-ring (bicyclic) bond motifs is 1. The summed E-state index contributed by atoms with van der Waals surface area (Å²) in [6.45, 7) is 0. The summed E-state index contributed by atoms with van der Waals surface area (Å²) < 4.78 is 13.7. The second kappa shape index (κ2) is 4.30. The number of nitrogens with one attached hydrogen (secondary N) is 1. The van der Waals surface area contributed by atoms with Crippen molar-refractivity contribution < 1.29 is 4.39 Å². The molecule has 0 unspecified atom stereocenters.